The van der Waals surface area contributed by atoms with E-state index in [9.17, 15) is 0 Å². The third-order valence-electron chi connectivity index (χ3n) is 4.35. The van der Waals surface area contributed by atoms with Crippen molar-refractivity contribution in [3.8, 4) is 11.5 Å². The van der Waals surface area contributed by atoms with Crippen LogP contribution in [0.3, 0.4) is 0 Å². The number of nitrogens with zero attached hydrogens (tertiary/aromatic N) is 1. The summed E-state index contributed by atoms with van der Waals surface area (Å²) in [6, 6.07) is 4.86. The number of likely N-dealkylation sites (tertiary alicyclic amines) is 1. The molecule has 1 fully saturated rings. The van der Waals surface area contributed by atoms with Gasteiger partial charge in [0.15, 0.2) is 11.5 Å². The molecule has 0 bridgehead atoms. The molecule has 0 saturated carbocycles. The van der Waals surface area contributed by atoms with Gasteiger partial charge in [0.1, 0.15) is 0 Å². The highest BCUT2D eigenvalue weighted by atomic mass is 79.9. The Morgan fingerprint density at radius 3 is 2.87 bits per heavy atom. The van der Waals surface area contributed by atoms with Crippen molar-refractivity contribution in [2.45, 2.75) is 45.7 Å². The molecule has 1 heterocycles. The van der Waals surface area contributed by atoms with E-state index in [4.69, 9.17) is 9.47 Å². The summed E-state index contributed by atoms with van der Waals surface area (Å²) in [7, 11) is 1.69. The van der Waals surface area contributed by atoms with E-state index in [1.165, 1.54) is 24.9 Å². The van der Waals surface area contributed by atoms with Gasteiger partial charge in [0.2, 0.25) is 0 Å². The third kappa shape index (κ3) is 5.10. The van der Waals surface area contributed by atoms with Crippen LogP contribution in [-0.2, 0) is 6.54 Å². The zero-order valence-electron chi connectivity index (χ0n) is 14.5. The van der Waals surface area contributed by atoms with Crippen LogP contribution >= 0.6 is 15.9 Å². The lowest BCUT2D eigenvalue weighted by molar-refractivity contribution is 0.260. The molecule has 0 spiro atoms. The summed E-state index contributed by atoms with van der Waals surface area (Å²) in [5.41, 5.74) is 1.21. The fourth-order valence-corrected chi connectivity index (χ4v) is 3.75. The molecule has 4 nitrogen and oxygen atoms in total. The first-order valence-corrected chi connectivity index (χ1v) is 9.42. The van der Waals surface area contributed by atoms with Crippen LogP contribution in [0.1, 0.15) is 38.7 Å². The number of hydrogen-bond acceptors (Lipinski definition) is 4. The molecule has 0 unspecified atom stereocenters. The Labute approximate surface area is 148 Å². The van der Waals surface area contributed by atoms with Crippen molar-refractivity contribution < 1.29 is 9.47 Å². The van der Waals surface area contributed by atoms with Crippen molar-refractivity contribution in [1.29, 1.82) is 0 Å². The number of ether oxygens (including phenoxy) is 2. The monoisotopic (exact) mass is 384 g/mol. The van der Waals surface area contributed by atoms with E-state index in [0.717, 1.165) is 42.0 Å². The first-order valence-electron chi connectivity index (χ1n) is 8.63. The predicted molar refractivity (Wildman–Crippen MR) is 98.5 cm³/mol. The molecule has 1 aromatic rings. The van der Waals surface area contributed by atoms with Crippen molar-refractivity contribution in [3.05, 3.63) is 22.2 Å². The molecule has 1 saturated heterocycles. The normalized spacial score (nSPS) is 18.3. The van der Waals surface area contributed by atoms with Gasteiger partial charge >= 0.3 is 0 Å². The molecule has 0 radical (unpaired) electrons. The molecule has 0 aliphatic carbocycles. The van der Waals surface area contributed by atoms with Gasteiger partial charge in [0.25, 0.3) is 0 Å². The standard InChI is InChI=1S/C18H29BrN2O2/c1-4-9-23-18-16(19)10-14(11-17(18)22-3)12-20-13-15-7-6-8-21(15)5-2/h10-11,15,20H,4-9,12-13H2,1-3H3/t15-/m1/s1. The smallest absolute Gasteiger partial charge is 0.175 e. The predicted octanol–water partition coefficient (Wildman–Crippen LogP) is 3.82. The Bertz CT molecular complexity index is 496. The molecule has 1 N–H and O–H groups in total. The minimum atomic E-state index is 0.678. The maximum atomic E-state index is 5.78. The average Bonchev–Trinajstić information content (AvgIpc) is 3.01. The molecule has 2 rings (SSSR count). The largest absolute Gasteiger partial charge is 0.493 e. The fourth-order valence-electron chi connectivity index (χ4n) is 3.15. The van der Waals surface area contributed by atoms with Gasteiger partial charge in [-0.1, -0.05) is 13.8 Å². The Hall–Kier alpha value is -0.780. The lowest BCUT2D eigenvalue weighted by Crippen LogP contribution is -2.37. The molecule has 1 aromatic carbocycles. The van der Waals surface area contributed by atoms with E-state index in [0.29, 0.717) is 12.6 Å². The molecular weight excluding hydrogens is 356 g/mol. The van der Waals surface area contributed by atoms with Gasteiger partial charge < -0.3 is 14.8 Å². The number of benzene rings is 1. The van der Waals surface area contributed by atoms with Crippen molar-refractivity contribution in [2.24, 2.45) is 0 Å². The zero-order chi connectivity index (χ0) is 16.7. The van der Waals surface area contributed by atoms with E-state index < -0.39 is 0 Å². The van der Waals surface area contributed by atoms with Crippen LogP contribution in [-0.4, -0.2) is 44.3 Å². The van der Waals surface area contributed by atoms with Gasteiger partial charge in [-0.25, -0.2) is 0 Å². The molecule has 1 atom stereocenters. The SMILES string of the molecule is CCCOc1c(Br)cc(CNC[C@H]2CCCN2CC)cc1OC. The highest BCUT2D eigenvalue weighted by molar-refractivity contribution is 9.10. The Morgan fingerprint density at radius 2 is 2.17 bits per heavy atom. The summed E-state index contributed by atoms with van der Waals surface area (Å²) in [5, 5.41) is 3.59. The van der Waals surface area contributed by atoms with E-state index in [1.807, 2.05) is 0 Å². The van der Waals surface area contributed by atoms with E-state index in [1.54, 1.807) is 7.11 Å². The van der Waals surface area contributed by atoms with E-state index >= 15 is 0 Å². The number of methoxy groups -OCH3 is 1. The van der Waals surface area contributed by atoms with Gasteiger partial charge in [-0.05, 0) is 66.0 Å². The summed E-state index contributed by atoms with van der Waals surface area (Å²) in [6.45, 7) is 9.32. The van der Waals surface area contributed by atoms with Crippen molar-refractivity contribution >= 4 is 15.9 Å². The first kappa shape index (κ1) is 18.6. The minimum Gasteiger partial charge on any atom is -0.493 e. The van der Waals surface area contributed by atoms with Crippen molar-refractivity contribution in [2.75, 3.05) is 33.4 Å². The number of likely N-dealkylation sites (N-methyl/N-ethyl adjacent to an activating group) is 1. The third-order valence-corrected chi connectivity index (χ3v) is 4.94. The number of halogens is 1. The van der Waals surface area contributed by atoms with Crippen LogP contribution < -0.4 is 14.8 Å². The Morgan fingerprint density at radius 1 is 1.35 bits per heavy atom. The van der Waals surface area contributed by atoms with Crippen LogP contribution in [0.4, 0.5) is 0 Å². The lowest BCUT2D eigenvalue weighted by atomic mass is 10.1. The molecule has 130 valence electrons. The molecule has 0 amide bonds. The fraction of sp³-hybridized carbons (Fsp3) is 0.667. The number of rotatable bonds is 9. The van der Waals surface area contributed by atoms with Crippen LogP contribution in [0.25, 0.3) is 0 Å². The van der Waals surface area contributed by atoms with Gasteiger partial charge in [-0.2, -0.15) is 0 Å². The van der Waals surface area contributed by atoms with Crippen LogP contribution in [0, 0.1) is 0 Å². The molecule has 1 aliphatic rings. The number of nitrogens with one attached hydrogen (secondary N) is 1. The molecule has 0 aromatic heterocycles. The van der Waals surface area contributed by atoms with Crippen LogP contribution in [0.15, 0.2) is 16.6 Å². The maximum Gasteiger partial charge on any atom is 0.175 e. The minimum absolute atomic E-state index is 0.678. The lowest BCUT2D eigenvalue weighted by Gasteiger charge is -2.23. The molecule has 1 aliphatic heterocycles. The summed E-state index contributed by atoms with van der Waals surface area (Å²) >= 11 is 3.61. The highest BCUT2D eigenvalue weighted by Crippen LogP contribution is 2.36. The van der Waals surface area contributed by atoms with Crippen LogP contribution in [0.5, 0.6) is 11.5 Å². The Balaban J connectivity index is 1.93. The van der Waals surface area contributed by atoms with Gasteiger partial charge in [0.05, 0.1) is 18.2 Å². The zero-order valence-corrected chi connectivity index (χ0v) is 16.1. The Kier molecular flexibility index (Phi) is 7.66. The second kappa shape index (κ2) is 9.50. The average molecular weight is 385 g/mol. The second-order valence-corrected chi connectivity index (χ2v) is 6.87. The van der Waals surface area contributed by atoms with Crippen molar-refractivity contribution in [1.82, 2.24) is 10.2 Å². The second-order valence-electron chi connectivity index (χ2n) is 6.01. The first-order chi connectivity index (χ1) is 11.2. The van der Waals surface area contributed by atoms with E-state index in [-0.39, 0.29) is 0 Å². The summed E-state index contributed by atoms with van der Waals surface area (Å²) < 4.78 is 12.2. The van der Waals surface area contributed by atoms with Crippen molar-refractivity contribution in [3.63, 3.8) is 0 Å². The maximum absolute atomic E-state index is 5.78. The van der Waals surface area contributed by atoms with Gasteiger partial charge in [0, 0.05) is 19.1 Å². The van der Waals surface area contributed by atoms with Crippen LogP contribution in [0.2, 0.25) is 0 Å². The quantitative estimate of drug-likeness (QED) is 0.701. The van der Waals surface area contributed by atoms with Gasteiger partial charge in [-0.15, -0.1) is 0 Å². The molecular formula is C18H29BrN2O2. The summed E-state index contributed by atoms with van der Waals surface area (Å²) in [6.07, 6.45) is 3.61. The summed E-state index contributed by atoms with van der Waals surface area (Å²) in [4.78, 5) is 2.56. The number of hydrogen-bond donors (Lipinski definition) is 1. The highest BCUT2D eigenvalue weighted by Gasteiger charge is 2.22. The molecule has 5 heteroatoms. The van der Waals surface area contributed by atoms with Gasteiger partial charge in [-0.3, -0.25) is 4.90 Å². The topological polar surface area (TPSA) is 33.7 Å². The molecule has 23 heavy (non-hydrogen) atoms. The van der Waals surface area contributed by atoms with E-state index in [2.05, 4.69) is 52.1 Å². The summed E-state index contributed by atoms with van der Waals surface area (Å²) in [5.74, 6) is 1.59.